The maximum absolute atomic E-state index is 14.7. The number of hydrogen-bond donors (Lipinski definition) is 7. The Balaban J connectivity index is 1.72. The van der Waals surface area contributed by atoms with Crippen LogP contribution in [0.4, 0.5) is 5.69 Å². The molecule has 0 saturated heterocycles. The summed E-state index contributed by atoms with van der Waals surface area (Å²) in [5, 5.41) is 64.5. The standard InChI is InChI=1S/C51H66N2O14/c1-25-17-16-18-26(2)48(61)53-39-33(24-52-34(49(62)67-50(8,9)10)23-32-19-14-13-15-20-32)43(58)36-37(44(39)59)42(57)30(6)46-38(36)47(60)51(11,66-46)64-22-21-35(63-12)27(3)45(65-31(7)54)29(5)41(56)28(4)40(25)55/h13-22,25,27-29,34-35,40-41,45,52,55-59H,23-24H2,1-12H3,(H,53,61)/b17-16+,22-21+,26-18-/t25-,27+,28+,29+,34-,35-,40-,41+,45+,51-/m0/s1. The van der Waals surface area contributed by atoms with Gasteiger partial charge in [0.1, 0.15) is 35.0 Å². The number of phenolic OH excluding ortho intramolecular Hbond substituents is 3. The molecule has 5 bridgehead atoms. The Bertz CT molecular complexity index is 2440. The Morgan fingerprint density at radius 3 is 2.18 bits per heavy atom. The number of carbonyl (C=O) groups is 4. The Morgan fingerprint density at radius 2 is 1.57 bits per heavy atom. The smallest absolute Gasteiger partial charge is 0.324 e. The number of aromatic hydroxyl groups is 3. The molecular formula is C51H66N2O14. The van der Waals surface area contributed by atoms with Crippen LogP contribution in [0.2, 0.25) is 0 Å². The van der Waals surface area contributed by atoms with Crippen LogP contribution in [-0.4, -0.2) is 98.1 Å². The average Bonchev–Trinajstić information content (AvgIpc) is 3.53. The first-order valence-corrected chi connectivity index (χ1v) is 22.4. The summed E-state index contributed by atoms with van der Waals surface area (Å²) in [5.41, 5.74) is -0.676. The van der Waals surface area contributed by atoms with Gasteiger partial charge in [-0.2, -0.15) is 0 Å². The summed E-state index contributed by atoms with van der Waals surface area (Å²) < 4.78 is 29.5. The van der Waals surface area contributed by atoms with Crippen molar-refractivity contribution in [3.63, 3.8) is 0 Å². The number of aliphatic hydroxyl groups excluding tert-OH is 2. The first-order valence-electron chi connectivity index (χ1n) is 22.4. The number of carbonyl (C=O) groups excluding carboxylic acids is 4. The van der Waals surface area contributed by atoms with E-state index in [0.717, 1.165) is 5.56 Å². The maximum Gasteiger partial charge on any atom is 0.324 e. The fourth-order valence-corrected chi connectivity index (χ4v) is 8.65. The molecule has 364 valence electrons. The Labute approximate surface area is 391 Å². The normalized spacial score (nSPS) is 28.4. The molecule has 0 aliphatic carbocycles. The van der Waals surface area contributed by atoms with E-state index in [4.69, 9.17) is 23.7 Å². The summed E-state index contributed by atoms with van der Waals surface area (Å²) in [5.74, 6) is -9.53. The molecule has 0 radical (unpaired) electrons. The number of anilines is 1. The van der Waals surface area contributed by atoms with Gasteiger partial charge in [-0.15, -0.1) is 0 Å². The van der Waals surface area contributed by atoms with Crippen LogP contribution in [0.25, 0.3) is 10.8 Å². The number of hydrogen-bond acceptors (Lipinski definition) is 15. The fraction of sp³-hybridized carbons (Fsp3) is 0.490. The van der Waals surface area contributed by atoms with E-state index in [2.05, 4.69) is 10.6 Å². The van der Waals surface area contributed by atoms with Crippen LogP contribution < -0.4 is 15.4 Å². The third-order valence-electron chi connectivity index (χ3n) is 12.6. The largest absolute Gasteiger partial charge is 0.507 e. The molecule has 0 aromatic heterocycles. The zero-order chi connectivity index (χ0) is 49.9. The molecule has 16 nitrogen and oxygen atoms in total. The number of phenols is 3. The number of allylic oxidation sites excluding steroid dienone is 2. The number of fused-ring (bicyclic) bond motifs is 14. The first kappa shape index (κ1) is 52.0. The minimum absolute atomic E-state index is 0.00952. The summed E-state index contributed by atoms with van der Waals surface area (Å²) in [6, 6.07) is 8.11. The number of Topliss-reactive ketones (excluding diaryl/α,β-unsaturated/α-hetero) is 1. The summed E-state index contributed by atoms with van der Waals surface area (Å²) >= 11 is 0. The topological polar surface area (TPSA) is 240 Å². The van der Waals surface area contributed by atoms with E-state index in [1.807, 2.05) is 30.3 Å². The molecule has 67 heavy (non-hydrogen) atoms. The molecular weight excluding hydrogens is 865 g/mol. The predicted molar refractivity (Wildman–Crippen MR) is 250 cm³/mol. The van der Waals surface area contributed by atoms with Gasteiger partial charge in [0.15, 0.2) is 5.75 Å². The molecule has 10 atom stereocenters. The lowest BCUT2D eigenvalue weighted by Crippen LogP contribution is -2.46. The van der Waals surface area contributed by atoms with Crippen LogP contribution in [0.3, 0.4) is 0 Å². The molecule has 3 aliphatic rings. The Hall–Kier alpha value is -5.94. The molecule has 0 saturated carbocycles. The van der Waals surface area contributed by atoms with Gasteiger partial charge in [0.05, 0.1) is 41.2 Å². The highest BCUT2D eigenvalue weighted by Gasteiger charge is 2.50. The SMILES string of the molecule is CO[C@H]1/C=C/O[C@@]2(C)Oc3c(C)c(O)c4c(O)c(c(CN[C@@H](Cc5ccccc5)C(=O)OC(C)(C)C)c(O)c4c3C2=O)NC(=O)/C(C)=C\C=C\[C@H](C)[C@H](O)[C@@H](C)[C@@H](O)[C@@H](C)[C@H](OC(C)=O)[C@@H]1C. The van der Waals surface area contributed by atoms with Gasteiger partial charge in [-0.1, -0.05) is 76.3 Å². The van der Waals surface area contributed by atoms with Crippen molar-refractivity contribution in [2.75, 3.05) is 12.4 Å². The van der Waals surface area contributed by atoms with E-state index in [1.54, 1.807) is 60.6 Å². The van der Waals surface area contributed by atoms with E-state index in [-0.39, 0.29) is 57.4 Å². The van der Waals surface area contributed by atoms with E-state index in [1.165, 1.54) is 53.2 Å². The lowest BCUT2D eigenvalue weighted by molar-refractivity contribution is -0.161. The van der Waals surface area contributed by atoms with Crippen molar-refractivity contribution in [2.24, 2.45) is 23.7 Å². The summed E-state index contributed by atoms with van der Waals surface area (Å²) in [7, 11) is 1.42. The van der Waals surface area contributed by atoms with E-state index in [9.17, 15) is 44.7 Å². The van der Waals surface area contributed by atoms with E-state index in [0.29, 0.717) is 0 Å². The van der Waals surface area contributed by atoms with Gasteiger partial charge in [0.2, 0.25) is 0 Å². The van der Waals surface area contributed by atoms with Crippen molar-refractivity contribution in [1.82, 2.24) is 5.32 Å². The maximum atomic E-state index is 14.7. The van der Waals surface area contributed by atoms with Gasteiger partial charge in [-0.25, -0.2) is 0 Å². The molecule has 0 spiro atoms. The number of methoxy groups -OCH3 is 1. The average molecular weight is 931 g/mol. The van der Waals surface area contributed by atoms with Gasteiger partial charge >= 0.3 is 17.7 Å². The Morgan fingerprint density at radius 1 is 0.910 bits per heavy atom. The molecule has 0 unspecified atom stereocenters. The van der Waals surface area contributed by atoms with Crippen molar-refractivity contribution in [3.05, 3.63) is 88.7 Å². The van der Waals surface area contributed by atoms with E-state index < -0.39 is 106 Å². The highest BCUT2D eigenvalue weighted by molar-refractivity contribution is 6.22. The second kappa shape index (κ2) is 20.9. The molecule has 0 fully saturated rings. The molecule has 6 rings (SSSR count). The molecule has 1 amide bonds. The molecule has 3 aromatic carbocycles. The van der Waals surface area contributed by atoms with Gasteiger partial charge in [0.25, 0.3) is 11.7 Å². The summed E-state index contributed by atoms with van der Waals surface area (Å²) in [6.45, 7) is 17.2. The number of rotatable bonds is 8. The summed E-state index contributed by atoms with van der Waals surface area (Å²) in [4.78, 5) is 54.8. The number of ketones is 1. The minimum atomic E-state index is -2.11. The van der Waals surface area contributed by atoms with Crippen LogP contribution in [0, 0.1) is 30.6 Å². The lowest BCUT2D eigenvalue weighted by Gasteiger charge is -2.38. The van der Waals surface area contributed by atoms with Crippen molar-refractivity contribution in [2.45, 2.75) is 131 Å². The van der Waals surface area contributed by atoms with Gasteiger partial charge in [-0.05, 0) is 52.7 Å². The Kier molecular flexibility index (Phi) is 16.3. The quantitative estimate of drug-likeness (QED) is 0.0699. The third kappa shape index (κ3) is 11.3. The third-order valence-corrected chi connectivity index (χ3v) is 12.6. The lowest BCUT2D eigenvalue weighted by atomic mass is 9.78. The predicted octanol–water partition coefficient (Wildman–Crippen LogP) is 6.80. The molecule has 3 aromatic rings. The highest BCUT2D eigenvalue weighted by atomic mass is 16.7. The number of ether oxygens (including phenoxy) is 5. The molecule has 3 heterocycles. The van der Waals surface area contributed by atoms with Crippen LogP contribution in [0.1, 0.15) is 96.3 Å². The fourth-order valence-electron chi connectivity index (χ4n) is 8.65. The van der Waals surface area contributed by atoms with Crippen LogP contribution in [0.15, 0.2) is 66.5 Å². The van der Waals surface area contributed by atoms with Crippen molar-refractivity contribution < 1.29 is 68.4 Å². The second-order valence-corrected chi connectivity index (χ2v) is 18.8. The number of aliphatic hydroxyl groups is 2. The zero-order valence-electron chi connectivity index (χ0n) is 40.3. The van der Waals surface area contributed by atoms with Crippen molar-refractivity contribution in [3.8, 4) is 23.0 Å². The minimum Gasteiger partial charge on any atom is -0.507 e. The number of amides is 1. The number of esters is 2. The van der Waals surface area contributed by atoms with E-state index >= 15 is 0 Å². The number of benzene rings is 3. The molecule has 3 aliphatic heterocycles. The first-order chi connectivity index (χ1) is 31.3. The van der Waals surface area contributed by atoms with Crippen LogP contribution in [-0.2, 0) is 46.3 Å². The molecule has 7 N–H and O–H groups in total. The number of nitrogens with one attached hydrogen (secondary N) is 2. The van der Waals surface area contributed by atoms with Gasteiger partial charge in [-0.3, -0.25) is 24.5 Å². The van der Waals surface area contributed by atoms with Crippen LogP contribution >= 0.6 is 0 Å². The monoisotopic (exact) mass is 930 g/mol. The summed E-state index contributed by atoms with van der Waals surface area (Å²) in [6.07, 6.45) is 3.46. The highest BCUT2D eigenvalue weighted by Crippen LogP contribution is 2.55. The second-order valence-electron chi connectivity index (χ2n) is 18.8. The zero-order valence-corrected chi connectivity index (χ0v) is 40.3. The molecule has 16 heteroatoms. The van der Waals surface area contributed by atoms with Crippen molar-refractivity contribution >= 4 is 40.1 Å². The van der Waals surface area contributed by atoms with Gasteiger partial charge < -0.3 is 54.5 Å². The van der Waals surface area contributed by atoms with Crippen molar-refractivity contribution in [1.29, 1.82) is 0 Å². The van der Waals surface area contributed by atoms with Gasteiger partial charge in [0, 0.05) is 73.3 Å². The van der Waals surface area contributed by atoms with Crippen LogP contribution in [0.5, 0.6) is 23.0 Å².